The maximum absolute atomic E-state index is 12.1. The molecule has 3 heteroatoms. The lowest BCUT2D eigenvalue weighted by atomic mass is 10.1. The molecule has 21 heavy (non-hydrogen) atoms. The second-order valence-corrected chi connectivity index (χ2v) is 5.15. The van der Waals surface area contributed by atoms with Crippen LogP contribution in [0.3, 0.4) is 0 Å². The minimum atomic E-state index is -0.201. The number of carbonyl (C=O) groups excluding carboxylic acids is 1. The van der Waals surface area contributed by atoms with Gasteiger partial charge in [0.1, 0.15) is 0 Å². The van der Waals surface area contributed by atoms with Gasteiger partial charge < -0.3 is 10.6 Å². The van der Waals surface area contributed by atoms with Crippen molar-refractivity contribution in [3.05, 3.63) is 59.7 Å². The Morgan fingerprint density at radius 2 is 1.57 bits per heavy atom. The number of amides is 2. The minimum absolute atomic E-state index is 0.201. The molecule has 0 spiro atoms. The highest BCUT2D eigenvalue weighted by Gasteiger charge is 2.07. The predicted molar refractivity (Wildman–Crippen MR) is 88.9 cm³/mol. The number of rotatable bonds is 5. The van der Waals surface area contributed by atoms with Crippen LogP contribution < -0.4 is 10.6 Å². The van der Waals surface area contributed by atoms with Crippen molar-refractivity contribution in [2.24, 2.45) is 0 Å². The second-order valence-electron chi connectivity index (χ2n) is 5.15. The van der Waals surface area contributed by atoms with Crippen LogP contribution in [-0.2, 0) is 6.42 Å². The average Bonchev–Trinajstić information content (AvgIpc) is 2.49. The van der Waals surface area contributed by atoms with Crippen molar-refractivity contribution in [1.29, 1.82) is 0 Å². The van der Waals surface area contributed by atoms with E-state index in [2.05, 4.69) is 23.6 Å². The molecule has 0 bridgehead atoms. The van der Waals surface area contributed by atoms with Gasteiger partial charge in [-0.3, -0.25) is 0 Å². The summed E-state index contributed by atoms with van der Waals surface area (Å²) in [5.74, 6) is 0. The van der Waals surface area contributed by atoms with E-state index in [1.807, 2.05) is 49.4 Å². The molecule has 0 aliphatic heterocycles. The highest BCUT2D eigenvalue weighted by atomic mass is 16.2. The number of aryl methyl sites for hydroxylation is 2. The Balaban J connectivity index is 2.04. The Labute approximate surface area is 126 Å². The number of nitrogens with one attached hydrogen (secondary N) is 2. The molecular weight excluding hydrogens is 260 g/mol. The fraction of sp³-hybridized carbons (Fsp3) is 0.278. The standard InChI is InChI=1S/C18H22N2O/c1-3-4-10-15-11-6-8-13-17(15)20-18(21)19-16-12-7-5-9-14(16)2/h5-9,11-13H,3-4,10H2,1-2H3,(H2,19,20,21). The van der Waals surface area contributed by atoms with E-state index >= 15 is 0 Å². The van der Waals surface area contributed by atoms with Gasteiger partial charge in [-0.05, 0) is 43.0 Å². The van der Waals surface area contributed by atoms with E-state index in [4.69, 9.17) is 0 Å². The molecule has 0 aromatic heterocycles. The van der Waals surface area contributed by atoms with Crippen LogP contribution >= 0.6 is 0 Å². The number of hydrogen-bond donors (Lipinski definition) is 2. The van der Waals surface area contributed by atoms with Gasteiger partial charge in [0.05, 0.1) is 0 Å². The van der Waals surface area contributed by atoms with Crippen LogP contribution in [0.4, 0.5) is 16.2 Å². The van der Waals surface area contributed by atoms with Gasteiger partial charge in [-0.15, -0.1) is 0 Å². The molecule has 2 aromatic rings. The molecule has 3 nitrogen and oxygen atoms in total. The first-order valence-electron chi connectivity index (χ1n) is 7.42. The van der Waals surface area contributed by atoms with Crippen LogP contribution in [0.15, 0.2) is 48.5 Å². The molecule has 110 valence electrons. The van der Waals surface area contributed by atoms with Crippen LogP contribution in [0, 0.1) is 6.92 Å². The minimum Gasteiger partial charge on any atom is -0.307 e. The molecule has 0 unspecified atom stereocenters. The molecule has 0 atom stereocenters. The highest BCUT2D eigenvalue weighted by Crippen LogP contribution is 2.19. The molecule has 2 N–H and O–H groups in total. The normalized spacial score (nSPS) is 10.2. The molecule has 0 aliphatic carbocycles. The summed E-state index contributed by atoms with van der Waals surface area (Å²) >= 11 is 0. The second kappa shape index (κ2) is 7.48. The maximum atomic E-state index is 12.1. The number of benzene rings is 2. The summed E-state index contributed by atoms with van der Waals surface area (Å²) in [6.07, 6.45) is 3.25. The van der Waals surface area contributed by atoms with Crippen molar-refractivity contribution < 1.29 is 4.79 Å². The maximum Gasteiger partial charge on any atom is 0.323 e. The summed E-state index contributed by atoms with van der Waals surface area (Å²) in [4.78, 5) is 12.1. The number of urea groups is 1. The number of anilines is 2. The molecular formula is C18H22N2O. The van der Waals surface area contributed by atoms with Crippen molar-refractivity contribution in [1.82, 2.24) is 0 Å². The van der Waals surface area contributed by atoms with Gasteiger partial charge in [0.2, 0.25) is 0 Å². The number of carbonyl (C=O) groups is 1. The fourth-order valence-corrected chi connectivity index (χ4v) is 2.22. The summed E-state index contributed by atoms with van der Waals surface area (Å²) in [6.45, 7) is 4.14. The van der Waals surface area contributed by atoms with Crippen molar-refractivity contribution in [2.45, 2.75) is 33.1 Å². The summed E-state index contributed by atoms with van der Waals surface area (Å²) in [7, 11) is 0. The van der Waals surface area contributed by atoms with Crippen LogP contribution in [0.2, 0.25) is 0 Å². The van der Waals surface area contributed by atoms with Crippen molar-refractivity contribution in [2.75, 3.05) is 10.6 Å². The van der Waals surface area contributed by atoms with E-state index in [0.717, 1.165) is 36.2 Å². The molecule has 2 amide bonds. The van der Waals surface area contributed by atoms with Crippen LogP contribution in [0.25, 0.3) is 0 Å². The lowest BCUT2D eigenvalue weighted by Gasteiger charge is -2.13. The molecule has 0 saturated carbocycles. The van der Waals surface area contributed by atoms with Crippen molar-refractivity contribution in [3.8, 4) is 0 Å². The van der Waals surface area contributed by atoms with Gasteiger partial charge in [0, 0.05) is 11.4 Å². The number of unbranched alkanes of at least 4 members (excludes halogenated alkanes) is 1. The van der Waals surface area contributed by atoms with Crippen LogP contribution in [0.1, 0.15) is 30.9 Å². The van der Waals surface area contributed by atoms with Gasteiger partial charge in [0.25, 0.3) is 0 Å². The first-order chi connectivity index (χ1) is 10.2. The van der Waals surface area contributed by atoms with Crippen LogP contribution in [0.5, 0.6) is 0 Å². The summed E-state index contributed by atoms with van der Waals surface area (Å²) in [6, 6.07) is 15.5. The third-order valence-corrected chi connectivity index (χ3v) is 3.46. The lowest BCUT2D eigenvalue weighted by molar-refractivity contribution is 0.262. The Hall–Kier alpha value is -2.29. The van der Waals surface area contributed by atoms with E-state index < -0.39 is 0 Å². The van der Waals surface area contributed by atoms with Gasteiger partial charge in [-0.2, -0.15) is 0 Å². The topological polar surface area (TPSA) is 41.1 Å². The number of hydrogen-bond acceptors (Lipinski definition) is 1. The molecule has 0 saturated heterocycles. The van der Waals surface area contributed by atoms with E-state index in [0.29, 0.717) is 0 Å². The van der Waals surface area contributed by atoms with Gasteiger partial charge in [-0.25, -0.2) is 4.79 Å². The fourth-order valence-electron chi connectivity index (χ4n) is 2.22. The summed E-state index contributed by atoms with van der Waals surface area (Å²) in [5, 5.41) is 5.84. The highest BCUT2D eigenvalue weighted by molar-refractivity contribution is 6.00. The van der Waals surface area contributed by atoms with E-state index in [1.165, 1.54) is 5.56 Å². The van der Waals surface area contributed by atoms with Gasteiger partial charge in [-0.1, -0.05) is 49.7 Å². The zero-order chi connectivity index (χ0) is 15.1. The Kier molecular flexibility index (Phi) is 5.38. The van der Waals surface area contributed by atoms with E-state index in [1.54, 1.807) is 0 Å². The molecule has 0 radical (unpaired) electrons. The first-order valence-corrected chi connectivity index (χ1v) is 7.42. The first kappa shape index (κ1) is 15.1. The predicted octanol–water partition coefficient (Wildman–Crippen LogP) is 4.98. The molecule has 2 rings (SSSR count). The molecule has 0 fully saturated rings. The molecule has 0 aliphatic rings. The number of para-hydroxylation sites is 2. The smallest absolute Gasteiger partial charge is 0.307 e. The van der Waals surface area contributed by atoms with Gasteiger partial charge in [0.15, 0.2) is 0 Å². The SMILES string of the molecule is CCCCc1ccccc1NC(=O)Nc1ccccc1C. The molecule has 0 heterocycles. The largest absolute Gasteiger partial charge is 0.323 e. The zero-order valence-corrected chi connectivity index (χ0v) is 12.6. The van der Waals surface area contributed by atoms with Crippen molar-refractivity contribution in [3.63, 3.8) is 0 Å². The van der Waals surface area contributed by atoms with Crippen LogP contribution in [-0.4, -0.2) is 6.03 Å². The van der Waals surface area contributed by atoms with E-state index in [-0.39, 0.29) is 6.03 Å². The third kappa shape index (κ3) is 4.35. The zero-order valence-electron chi connectivity index (χ0n) is 12.6. The third-order valence-electron chi connectivity index (χ3n) is 3.46. The Morgan fingerprint density at radius 1 is 0.952 bits per heavy atom. The van der Waals surface area contributed by atoms with Crippen molar-refractivity contribution >= 4 is 17.4 Å². The Morgan fingerprint density at radius 3 is 2.29 bits per heavy atom. The molecule has 2 aromatic carbocycles. The average molecular weight is 282 g/mol. The quantitative estimate of drug-likeness (QED) is 0.797. The lowest BCUT2D eigenvalue weighted by Crippen LogP contribution is -2.20. The summed E-state index contributed by atoms with van der Waals surface area (Å²) in [5.41, 5.74) is 3.95. The van der Waals surface area contributed by atoms with Gasteiger partial charge >= 0.3 is 6.03 Å². The van der Waals surface area contributed by atoms with E-state index in [9.17, 15) is 4.79 Å². The summed E-state index contributed by atoms with van der Waals surface area (Å²) < 4.78 is 0. The Bertz CT molecular complexity index is 608. The monoisotopic (exact) mass is 282 g/mol.